The van der Waals surface area contributed by atoms with Gasteiger partial charge in [-0.2, -0.15) is 0 Å². The first-order chi connectivity index (χ1) is 25.6. The van der Waals surface area contributed by atoms with Crippen LogP contribution >= 0.6 is 40.2 Å². The van der Waals surface area contributed by atoms with Crippen molar-refractivity contribution in [2.24, 2.45) is 0 Å². The molecule has 0 unspecified atom stereocenters. The Morgan fingerprint density at radius 3 is 2.13 bits per heavy atom. The number of hydrogen-bond donors (Lipinski definition) is 0. The molecule has 0 bridgehead atoms. The summed E-state index contributed by atoms with van der Waals surface area (Å²) < 4.78 is 17.9. The Morgan fingerprint density at radius 1 is 0.815 bits per heavy atom. The summed E-state index contributed by atoms with van der Waals surface area (Å²) in [5.41, 5.74) is 6.90. The maximum Gasteiger partial charge on any atom is 0.249 e. The molecular formula is C44H46BrCl2N3O4. The van der Waals surface area contributed by atoms with E-state index in [9.17, 15) is 4.79 Å². The van der Waals surface area contributed by atoms with Crippen LogP contribution in [-0.2, 0) is 24.6 Å². The molecule has 1 fully saturated rings. The Kier molecular flexibility index (Phi) is 14.6. The standard InChI is InChI=1S/C44H45Cl2N3O4.BrH/c1-30(2)36-13-15-38(16-14-36)51-28-34-11-9-33(10-12-34)27-48-19-21-49(22-20-48)44(50)32(4)24-35-23-31(3)43(41(46)25-35)53-42-18-17-39(26-47-42)52-29-37-7-5-6-8-40(37)45;/h5-18,23-26,30H,19-22,27-29H2,1-4H3;1H/b32-24+;. The summed E-state index contributed by atoms with van der Waals surface area (Å²) in [6, 6.07) is 31.8. The van der Waals surface area contributed by atoms with Gasteiger partial charge in [-0.25, -0.2) is 4.98 Å². The second kappa shape index (κ2) is 19.3. The second-order valence-corrected chi connectivity index (χ2v) is 14.5. The predicted octanol–water partition coefficient (Wildman–Crippen LogP) is 11.1. The van der Waals surface area contributed by atoms with E-state index in [1.807, 2.05) is 67.3 Å². The van der Waals surface area contributed by atoms with E-state index in [-0.39, 0.29) is 22.9 Å². The van der Waals surface area contributed by atoms with Crippen molar-refractivity contribution in [3.8, 4) is 23.1 Å². The second-order valence-electron chi connectivity index (χ2n) is 13.7. The maximum atomic E-state index is 13.4. The number of piperazine rings is 1. The lowest BCUT2D eigenvalue weighted by molar-refractivity contribution is -0.128. The summed E-state index contributed by atoms with van der Waals surface area (Å²) in [4.78, 5) is 22.1. The van der Waals surface area contributed by atoms with Crippen LogP contribution in [0.25, 0.3) is 6.08 Å². The van der Waals surface area contributed by atoms with Crippen molar-refractivity contribution in [1.29, 1.82) is 0 Å². The lowest BCUT2D eigenvalue weighted by Crippen LogP contribution is -2.48. The molecule has 1 aliphatic heterocycles. The van der Waals surface area contributed by atoms with E-state index >= 15 is 0 Å². The molecule has 1 aliphatic rings. The third kappa shape index (κ3) is 11.1. The van der Waals surface area contributed by atoms with Crippen LogP contribution in [0, 0.1) is 6.92 Å². The van der Waals surface area contributed by atoms with Gasteiger partial charge in [0, 0.05) is 54.9 Å². The van der Waals surface area contributed by atoms with E-state index < -0.39 is 0 Å². The highest BCUT2D eigenvalue weighted by atomic mass is 79.9. The van der Waals surface area contributed by atoms with Crippen LogP contribution in [0.5, 0.6) is 23.1 Å². The monoisotopic (exact) mass is 829 g/mol. The largest absolute Gasteiger partial charge is 0.489 e. The molecule has 282 valence electrons. The fourth-order valence-electron chi connectivity index (χ4n) is 6.15. The molecule has 0 atom stereocenters. The van der Waals surface area contributed by atoms with Crippen molar-refractivity contribution < 1.29 is 19.0 Å². The van der Waals surface area contributed by atoms with Gasteiger partial charge in [-0.15, -0.1) is 17.0 Å². The van der Waals surface area contributed by atoms with Gasteiger partial charge >= 0.3 is 0 Å². The minimum atomic E-state index is 0. The Bertz CT molecular complexity index is 2010. The van der Waals surface area contributed by atoms with Crippen LogP contribution in [-0.4, -0.2) is 46.9 Å². The molecule has 1 amide bonds. The minimum Gasteiger partial charge on any atom is -0.489 e. The molecule has 1 aromatic heterocycles. The zero-order chi connectivity index (χ0) is 37.3. The summed E-state index contributed by atoms with van der Waals surface area (Å²) in [6.07, 6.45) is 3.48. The highest BCUT2D eigenvalue weighted by molar-refractivity contribution is 8.93. The number of carbonyl (C=O) groups excluding carboxylic acids is 1. The number of carbonyl (C=O) groups is 1. The topological polar surface area (TPSA) is 64.1 Å². The lowest BCUT2D eigenvalue weighted by Gasteiger charge is -2.35. The Morgan fingerprint density at radius 2 is 1.48 bits per heavy atom. The van der Waals surface area contributed by atoms with E-state index in [2.05, 4.69) is 60.1 Å². The Labute approximate surface area is 339 Å². The molecule has 54 heavy (non-hydrogen) atoms. The fourth-order valence-corrected chi connectivity index (χ4v) is 6.65. The first-order valence-corrected chi connectivity index (χ1v) is 18.7. The molecule has 2 heterocycles. The van der Waals surface area contributed by atoms with E-state index in [4.69, 9.17) is 37.4 Å². The molecule has 1 saturated heterocycles. The summed E-state index contributed by atoms with van der Waals surface area (Å²) >= 11 is 12.9. The molecule has 0 aliphatic carbocycles. The van der Waals surface area contributed by atoms with Crippen LogP contribution < -0.4 is 14.2 Å². The van der Waals surface area contributed by atoms with Crippen LogP contribution in [0.4, 0.5) is 0 Å². The van der Waals surface area contributed by atoms with Crippen molar-refractivity contribution in [2.75, 3.05) is 26.2 Å². The van der Waals surface area contributed by atoms with Gasteiger partial charge in [0.15, 0.2) is 5.75 Å². The van der Waals surface area contributed by atoms with Gasteiger partial charge in [0.05, 0.1) is 11.2 Å². The number of rotatable bonds is 13. The van der Waals surface area contributed by atoms with Gasteiger partial charge in [-0.05, 0) is 90.1 Å². The highest BCUT2D eigenvalue weighted by Crippen LogP contribution is 2.34. The van der Waals surface area contributed by atoms with Gasteiger partial charge in [0.2, 0.25) is 11.8 Å². The maximum absolute atomic E-state index is 13.4. The van der Waals surface area contributed by atoms with Crippen molar-refractivity contribution >= 4 is 52.2 Å². The summed E-state index contributed by atoms with van der Waals surface area (Å²) in [5, 5.41) is 1.09. The minimum absolute atomic E-state index is 0. The lowest BCUT2D eigenvalue weighted by atomic mass is 10.0. The van der Waals surface area contributed by atoms with Crippen molar-refractivity contribution in [3.63, 3.8) is 0 Å². The SMILES string of the molecule is Br.C/C(=C\c1cc(C)c(Oc2ccc(OCc3ccccc3Cl)cn2)c(Cl)c1)C(=O)N1CCN(Cc2ccc(COc3ccc(C(C)C)cc3)cc2)CC1. The fraction of sp³-hybridized carbons (Fsp3) is 0.273. The third-order valence-electron chi connectivity index (χ3n) is 9.28. The van der Waals surface area contributed by atoms with Crippen LogP contribution in [0.15, 0.2) is 109 Å². The number of aryl methyl sites for hydroxylation is 1. The van der Waals surface area contributed by atoms with E-state index in [1.165, 1.54) is 11.1 Å². The normalized spacial score (nSPS) is 13.4. The highest BCUT2D eigenvalue weighted by Gasteiger charge is 2.22. The van der Waals surface area contributed by atoms with Crippen molar-refractivity contribution in [3.05, 3.63) is 152 Å². The van der Waals surface area contributed by atoms with Crippen molar-refractivity contribution in [2.45, 2.75) is 53.4 Å². The number of halogens is 3. The van der Waals surface area contributed by atoms with Crippen LogP contribution in [0.2, 0.25) is 10.0 Å². The summed E-state index contributed by atoms with van der Waals surface area (Å²) in [6.45, 7) is 12.9. The number of hydrogen-bond acceptors (Lipinski definition) is 6. The Balaban J connectivity index is 0.00000561. The average molecular weight is 832 g/mol. The summed E-state index contributed by atoms with van der Waals surface area (Å²) in [7, 11) is 0. The molecule has 0 saturated carbocycles. The third-order valence-corrected chi connectivity index (χ3v) is 9.93. The van der Waals surface area contributed by atoms with E-state index in [1.54, 1.807) is 24.4 Å². The molecule has 7 nitrogen and oxygen atoms in total. The summed E-state index contributed by atoms with van der Waals surface area (Å²) in [5.74, 6) is 2.91. The molecular weight excluding hydrogens is 785 g/mol. The quantitative estimate of drug-likeness (QED) is 0.110. The molecule has 0 N–H and O–H groups in total. The van der Waals surface area contributed by atoms with Gasteiger partial charge < -0.3 is 19.1 Å². The first-order valence-electron chi connectivity index (χ1n) is 17.9. The molecule has 6 rings (SSSR count). The number of ether oxygens (including phenoxy) is 3. The zero-order valence-corrected chi connectivity index (χ0v) is 34.3. The van der Waals surface area contributed by atoms with Gasteiger partial charge in [-0.3, -0.25) is 9.69 Å². The van der Waals surface area contributed by atoms with Crippen LogP contribution in [0.3, 0.4) is 0 Å². The molecule has 4 aromatic carbocycles. The van der Waals surface area contributed by atoms with Crippen molar-refractivity contribution in [1.82, 2.24) is 14.8 Å². The number of pyridine rings is 1. The zero-order valence-electron chi connectivity index (χ0n) is 31.1. The number of benzene rings is 4. The van der Waals surface area contributed by atoms with E-state index in [0.717, 1.165) is 47.6 Å². The van der Waals surface area contributed by atoms with Gasteiger partial charge in [0.1, 0.15) is 24.7 Å². The number of aromatic nitrogens is 1. The van der Waals surface area contributed by atoms with Gasteiger partial charge in [-0.1, -0.05) is 91.6 Å². The molecule has 10 heteroatoms. The predicted molar refractivity (Wildman–Crippen MR) is 223 cm³/mol. The van der Waals surface area contributed by atoms with E-state index in [0.29, 0.717) is 65.2 Å². The number of amides is 1. The average Bonchev–Trinajstić information content (AvgIpc) is 3.16. The van der Waals surface area contributed by atoms with Gasteiger partial charge in [0.25, 0.3) is 0 Å². The smallest absolute Gasteiger partial charge is 0.249 e. The van der Waals surface area contributed by atoms with Crippen LogP contribution in [0.1, 0.15) is 60.1 Å². The first kappa shape index (κ1) is 40.8. The Hall–Kier alpha value is -4.34. The number of nitrogens with zero attached hydrogens (tertiary/aromatic N) is 3. The molecule has 5 aromatic rings. The molecule has 0 spiro atoms. The molecule has 0 radical (unpaired) electrons.